The molecular weight excluding hydrogens is 295 g/mol. The van der Waals surface area contributed by atoms with Crippen LogP contribution in [-0.4, -0.2) is 34.8 Å². The Morgan fingerprint density at radius 1 is 1.30 bits per heavy atom. The molecule has 110 valence electrons. The summed E-state index contributed by atoms with van der Waals surface area (Å²) in [6, 6.07) is 6.15. The Morgan fingerprint density at radius 2 is 2.00 bits per heavy atom. The van der Waals surface area contributed by atoms with Crippen LogP contribution >= 0.6 is 11.8 Å². The van der Waals surface area contributed by atoms with Crippen LogP contribution < -0.4 is 5.32 Å². The summed E-state index contributed by atoms with van der Waals surface area (Å²) in [5.41, 5.74) is -3.61. The molecule has 0 unspecified atom stereocenters. The number of rotatable bonds is 6. The zero-order chi connectivity index (χ0) is 15.2. The maximum atomic E-state index is 11.9. The van der Waals surface area contributed by atoms with Gasteiger partial charge >= 0.3 is 11.5 Å². The number of hydrogen-bond acceptors (Lipinski definition) is 3. The first-order valence-corrected chi connectivity index (χ1v) is 6.56. The van der Waals surface area contributed by atoms with Crippen LogP contribution in [0.1, 0.15) is 15.9 Å². The van der Waals surface area contributed by atoms with E-state index in [0.717, 1.165) is 0 Å². The fourth-order valence-corrected chi connectivity index (χ4v) is 1.80. The van der Waals surface area contributed by atoms with E-state index in [2.05, 4.69) is 5.32 Å². The molecule has 0 heterocycles. The maximum absolute atomic E-state index is 11.9. The molecule has 20 heavy (non-hydrogen) atoms. The second-order valence-electron chi connectivity index (χ2n) is 3.84. The summed E-state index contributed by atoms with van der Waals surface area (Å²) < 4.78 is 35.6. The summed E-state index contributed by atoms with van der Waals surface area (Å²) in [6.07, 6.45) is 0.351. The number of carboxylic acid groups (broad SMARTS) is 1. The Kier molecular flexibility index (Phi) is 5.87. The van der Waals surface area contributed by atoms with Crippen molar-refractivity contribution in [3.63, 3.8) is 0 Å². The number of nitrogens with one attached hydrogen (secondary N) is 1. The lowest BCUT2D eigenvalue weighted by atomic mass is 10.1. The second-order valence-corrected chi connectivity index (χ2v) is 4.88. The molecule has 8 heteroatoms. The predicted molar refractivity (Wildman–Crippen MR) is 68.6 cm³/mol. The first kappa shape index (κ1) is 16.4. The van der Waals surface area contributed by atoms with Crippen LogP contribution in [0.3, 0.4) is 0 Å². The van der Waals surface area contributed by atoms with Gasteiger partial charge < -0.3 is 10.4 Å². The molecule has 0 aliphatic carbocycles. The van der Waals surface area contributed by atoms with E-state index in [1.54, 1.807) is 12.1 Å². The van der Waals surface area contributed by atoms with Gasteiger partial charge in [-0.3, -0.25) is 4.79 Å². The molecule has 0 fully saturated rings. The molecule has 1 rings (SSSR count). The van der Waals surface area contributed by atoms with Crippen molar-refractivity contribution < 1.29 is 27.9 Å². The first-order valence-electron chi connectivity index (χ1n) is 5.57. The van der Waals surface area contributed by atoms with E-state index in [1.807, 2.05) is 0 Å². The van der Waals surface area contributed by atoms with Crippen molar-refractivity contribution in [2.45, 2.75) is 11.9 Å². The number of carboxylic acids is 1. The number of carbonyl (C=O) groups is 2. The average Bonchev–Trinajstić information content (AvgIpc) is 2.36. The number of carbonyl (C=O) groups excluding carboxylic acids is 1. The van der Waals surface area contributed by atoms with Crippen molar-refractivity contribution in [1.82, 2.24) is 5.32 Å². The van der Waals surface area contributed by atoms with Gasteiger partial charge in [-0.2, -0.15) is 13.2 Å². The Bertz CT molecular complexity index is 491. The molecule has 0 aromatic heterocycles. The summed E-state index contributed by atoms with van der Waals surface area (Å²) in [5.74, 6) is -2.45. The minimum absolute atomic E-state index is 0.126. The molecule has 0 spiro atoms. The van der Waals surface area contributed by atoms with Crippen molar-refractivity contribution in [2.75, 3.05) is 12.3 Å². The Balaban J connectivity index is 2.35. The minimum Gasteiger partial charge on any atom is -0.478 e. The highest BCUT2D eigenvalue weighted by atomic mass is 32.2. The van der Waals surface area contributed by atoms with Crippen LogP contribution in [-0.2, 0) is 11.2 Å². The quantitative estimate of drug-likeness (QED) is 0.846. The molecule has 0 radical (unpaired) electrons. The number of aromatic carboxylic acids is 1. The van der Waals surface area contributed by atoms with Gasteiger partial charge in [0.1, 0.15) is 0 Å². The van der Waals surface area contributed by atoms with E-state index in [-0.39, 0.29) is 12.1 Å². The SMILES string of the molecule is O=C(CSC(F)(F)F)NCCc1cccc(C(=O)O)c1. The minimum atomic E-state index is -4.42. The molecule has 0 aliphatic rings. The zero-order valence-corrected chi connectivity index (χ0v) is 11.1. The summed E-state index contributed by atoms with van der Waals surface area (Å²) in [4.78, 5) is 21.9. The first-order chi connectivity index (χ1) is 9.28. The van der Waals surface area contributed by atoms with Gasteiger partial charge in [-0.05, 0) is 35.9 Å². The molecule has 2 N–H and O–H groups in total. The Labute approximate surface area is 117 Å². The largest absolute Gasteiger partial charge is 0.478 e. The molecule has 0 saturated carbocycles. The van der Waals surface area contributed by atoms with Crippen LogP contribution in [0, 0.1) is 0 Å². The molecule has 0 saturated heterocycles. The van der Waals surface area contributed by atoms with Crippen molar-refractivity contribution in [3.8, 4) is 0 Å². The molecule has 1 aromatic rings. The maximum Gasteiger partial charge on any atom is 0.442 e. The molecule has 0 aliphatic heterocycles. The van der Waals surface area contributed by atoms with E-state index in [4.69, 9.17) is 5.11 Å². The van der Waals surface area contributed by atoms with Gasteiger partial charge in [-0.1, -0.05) is 12.1 Å². The van der Waals surface area contributed by atoms with E-state index < -0.39 is 34.9 Å². The lowest BCUT2D eigenvalue weighted by molar-refractivity contribution is -0.118. The van der Waals surface area contributed by atoms with Gasteiger partial charge in [-0.25, -0.2) is 4.79 Å². The normalized spacial score (nSPS) is 11.2. The van der Waals surface area contributed by atoms with Gasteiger partial charge in [0.2, 0.25) is 5.91 Å². The fourth-order valence-electron chi connectivity index (χ4n) is 1.40. The highest BCUT2D eigenvalue weighted by molar-refractivity contribution is 8.00. The number of thioether (sulfide) groups is 1. The topological polar surface area (TPSA) is 66.4 Å². The van der Waals surface area contributed by atoms with Gasteiger partial charge in [0.25, 0.3) is 0 Å². The average molecular weight is 307 g/mol. The van der Waals surface area contributed by atoms with Crippen molar-refractivity contribution in [1.29, 1.82) is 0 Å². The monoisotopic (exact) mass is 307 g/mol. The molecule has 4 nitrogen and oxygen atoms in total. The molecule has 1 amide bonds. The molecular formula is C12H12F3NO3S. The summed E-state index contributed by atoms with van der Waals surface area (Å²) in [7, 11) is 0. The number of halogens is 3. The van der Waals surface area contributed by atoms with E-state index in [0.29, 0.717) is 12.0 Å². The number of alkyl halides is 3. The summed E-state index contributed by atoms with van der Waals surface area (Å²) in [5, 5.41) is 11.1. The van der Waals surface area contributed by atoms with Gasteiger partial charge in [0.15, 0.2) is 0 Å². The van der Waals surface area contributed by atoms with Gasteiger partial charge in [0, 0.05) is 6.54 Å². The fraction of sp³-hybridized carbons (Fsp3) is 0.333. The summed E-state index contributed by atoms with van der Waals surface area (Å²) in [6.45, 7) is 0.153. The van der Waals surface area contributed by atoms with Crippen LogP contribution in [0.5, 0.6) is 0 Å². The number of hydrogen-bond donors (Lipinski definition) is 2. The molecule has 0 atom stereocenters. The lowest BCUT2D eigenvalue weighted by Gasteiger charge is -2.07. The third kappa shape index (κ3) is 6.46. The van der Waals surface area contributed by atoms with Crippen molar-refractivity contribution in [2.24, 2.45) is 0 Å². The number of amides is 1. The lowest BCUT2D eigenvalue weighted by Crippen LogP contribution is -2.28. The van der Waals surface area contributed by atoms with Crippen molar-refractivity contribution >= 4 is 23.6 Å². The second kappa shape index (κ2) is 7.18. The van der Waals surface area contributed by atoms with Crippen LogP contribution in [0.25, 0.3) is 0 Å². The van der Waals surface area contributed by atoms with E-state index >= 15 is 0 Å². The molecule has 0 bridgehead atoms. The van der Waals surface area contributed by atoms with E-state index in [1.165, 1.54) is 12.1 Å². The Hall–Kier alpha value is -1.70. The standard InChI is InChI=1S/C12H12F3NO3S/c13-12(14,15)20-7-10(17)16-5-4-8-2-1-3-9(6-8)11(18)19/h1-3,6H,4-5,7H2,(H,16,17)(H,18,19). The van der Waals surface area contributed by atoms with Crippen LogP contribution in [0.2, 0.25) is 0 Å². The van der Waals surface area contributed by atoms with Gasteiger partial charge in [0.05, 0.1) is 11.3 Å². The van der Waals surface area contributed by atoms with Crippen LogP contribution in [0.4, 0.5) is 13.2 Å². The molecule has 1 aromatic carbocycles. The van der Waals surface area contributed by atoms with Crippen LogP contribution in [0.15, 0.2) is 24.3 Å². The van der Waals surface area contributed by atoms with Gasteiger partial charge in [-0.15, -0.1) is 0 Å². The zero-order valence-electron chi connectivity index (χ0n) is 10.2. The smallest absolute Gasteiger partial charge is 0.442 e. The predicted octanol–water partition coefficient (Wildman–Crippen LogP) is 2.30. The number of benzene rings is 1. The summed E-state index contributed by atoms with van der Waals surface area (Å²) >= 11 is -0.395. The Morgan fingerprint density at radius 3 is 2.60 bits per heavy atom. The third-order valence-corrected chi connectivity index (χ3v) is 3.01. The highest BCUT2D eigenvalue weighted by Crippen LogP contribution is 2.29. The van der Waals surface area contributed by atoms with Crippen molar-refractivity contribution in [3.05, 3.63) is 35.4 Å². The third-order valence-electron chi connectivity index (χ3n) is 2.28. The highest BCUT2D eigenvalue weighted by Gasteiger charge is 2.29. The van der Waals surface area contributed by atoms with E-state index in [9.17, 15) is 22.8 Å².